The van der Waals surface area contributed by atoms with E-state index >= 15 is 0 Å². The minimum atomic E-state index is -3.17. The van der Waals surface area contributed by atoms with Gasteiger partial charge in [-0.15, -0.1) is 0 Å². The molecule has 1 aliphatic heterocycles. The Morgan fingerprint density at radius 2 is 2.06 bits per heavy atom. The fourth-order valence-corrected chi connectivity index (χ4v) is 3.49. The van der Waals surface area contributed by atoms with Gasteiger partial charge in [0.15, 0.2) is 0 Å². The number of hydrogen-bond acceptors (Lipinski definition) is 3. The zero-order valence-corrected chi connectivity index (χ0v) is 11.2. The summed E-state index contributed by atoms with van der Waals surface area (Å²) in [5, 5.41) is 3.20. The number of hydrogen-bond donors (Lipinski definition) is 2. The molecule has 0 bridgehead atoms. The van der Waals surface area contributed by atoms with Crippen LogP contribution in [0.2, 0.25) is 0 Å². The minimum Gasteiger partial charge on any atom is -0.315 e. The van der Waals surface area contributed by atoms with Crippen molar-refractivity contribution in [3.8, 4) is 0 Å². The molecule has 5 heteroatoms. The van der Waals surface area contributed by atoms with Crippen LogP contribution in [-0.2, 0) is 16.4 Å². The van der Waals surface area contributed by atoms with E-state index in [1.54, 1.807) is 0 Å². The predicted octanol–water partition coefficient (Wildman–Crippen LogP) is 0.900. The maximum Gasteiger partial charge on any atom is 0.212 e. The average molecular weight is 268 g/mol. The lowest BCUT2D eigenvalue weighted by molar-refractivity contribution is 0.428. The van der Waals surface area contributed by atoms with Crippen molar-refractivity contribution >= 4 is 10.0 Å². The number of aryl methyl sites for hydroxylation is 1. The molecular formula is C13H20N2O2S. The standard InChI is InChI=1S/C13H20N2O2S/c16-18(17,15-13-7-4-9-14-11-13)10-8-12-5-2-1-3-6-12/h1-3,5-6,13-15H,4,7-11H2/t13-/m0/s1. The molecule has 1 aromatic carbocycles. The highest BCUT2D eigenvalue weighted by molar-refractivity contribution is 7.89. The number of sulfonamides is 1. The third-order valence-electron chi connectivity index (χ3n) is 3.15. The van der Waals surface area contributed by atoms with Crippen LogP contribution in [0.3, 0.4) is 0 Å². The van der Waals surface area contributed by atoms with Gasteiger partial charge in [0.2, 0.25) is 10.0 Å². The second-order valence-electron chi connectivity index (χ2n) is 4.72. The van der Waals surface area contributed by atoms with Crippen LogP contribution in [0.1, 0.15) is 18.4 Å². The molecule has 0 radical (unpaired) electrons. The lowest BCUT2D eigenvalue weighted by Gasteiger charge is -2.23. The van der Waals surface area contributed by atoms with E-state index in [4.69, 9.17) is 0 Å². The van der Waals surface area contributed by atoms with Crippen molar-refractivity contribution in [2.24, 2.45) is 0 Å². The van der Waals surface area contributed by atoms with Crippen LogP contribution in [0.5, 0.6) is 0 Å². The summed E-state index contributed by atoms with van der Waals surface area (Å²) in [6.45, 7) is 1.73. The highest BCUT2D eigenvalue weighted by Gasteiger charge is 2.19. The molecule has 18 heavy (non-hydrogen) atoms. The van der Waals surface area contributed by atoms with Crippen LogP contribution < -0.4 is 10.0 Å². The van der Waals surface area contributed by atoms with Gasteiger partial charge in [-0.2, -0.15) is 0 Å². The maximum absolute atomic E-state index is 11.9. The fourth-order valence-electron chi connectivity index (χ4n) is 2.16. The Morgan fingerprint density at radius 3 is 2.72 bits per heavy atom. The number of piperidine rings is 1. The van der Waals surface area contributed by atoms with Crippen LogP contribution in [-0.4, -0.2) is 33.3 Å². The van der Waals surface area contributed by atoms with Crippen molar-refractivity contribution in [3.63, 3.8) is 0 Å². The maximum atomic E-state index is 11.9. The lowest BCUT2D eigenvalue weighted by atomic mass is 10.1. The van der Waals surface area contributed by atoms with Crippen molar-refractivity contribution in [2.75, 3.05) is 18.8 Å². The van der Waals surface area contributed by atoms with E-state index < -0.39 is 10.0 Å². The summed E-state index contributed by atoms with van der Waals surface area (Å²) < 4.78 is 26.6. The van der Waals surface area contributed by atoms with Crippen LogP contribution in [0.4, 0.5) is 0 Å². The molecule has 4 nitrogen and oxygen atoms in total. The summed E-state index contributed by atoms with van der Waals surface area (Å²) in [4.78, 5) is 0. The van der Waals surface area contributed by atoms with Crippen LogP contribution in [0, 0.1) is 0 Å². The number of benzene rings is 1. The number of nitrogens with one attached hydrogen (secondary N) is 2. The first-order valence-electron chi connectivity index (χ1n) is 6.40. The predicted molar refractivity (Wildman–Crippen MR) is 73.0 cm³/mol. The SMILES string of the molecule is O=S(=O)(CCc1ccccc1)N[C@H]1CCCNC1. The monoisotopic (exact) mass is 268 g/mol. The Morgan fingerprint density at radius 1 is 1.28 bits per heavy atom. The summed E-state index contributed by atoms with van der Waals surface area (Å²) in [5.74, 6) is 0.160. The van der Waals surface area contributed by atoms with E-state index in [-0.39, 0.29) is 11.8 Å². The van der Waals surface area contributed by atoms with Gasteiger partial charge in [-0.1, -0.05) is 30.3 Å². The molecule has 0 unspecified atom stereocenters. The normalized spacial score (nSPS) is 20.8. The Bertz CT molecular complexity index is 453. The average Bonchev–Trinajstić information content (AvgIpc) is 2.38. The van der Waals surface area contributed by atoms with Gasteiger partial charge in [0.05, 0.1) is 5.75 Å². The Hall–Kier alpha value is -0.910. The van der Waals surface area contributed by atoms with Crippen LogP contribution in [0.25, 0.3) is 0 Å². The smallest absolute Gasteiger partial charge is 0.212 e. The molecule has 0 aromatic heterocycles. The molecule has 0 spiro atoms. The molecule has 2 N–H and O–H groups in total. The molecule has 1 aliphatic rings. The quantitative estimate of drug-likeness (QED) is 0.834. The van der Waals surface area contributed by atoms with Gasteiger partial charge in [-0.25, -0.2) is 13.1 Å². The van der Waals surface area contributed by atoms with E-state index in [0.717, 1.165) is 31.5 Å². The first-order valence-corrected chi connectivity index (χ1v) is 8.05. The third kappa shape index (κ3) is 4.40. The second-order valence-corrected chi connectivity index (χ2v) is 6.59. The summed E-state index contributed by atoms with van der Waals surface area (Å²) in [6.07, 6.45) is 2.53. The summed E-state index contributed by atoms with van der Waals surface area (Å²) in [7, 11) is -3.17. The molecule has 0 amide bonds. The zero-order valence-electron chi connectivity index (χ0n) is 10.4. The Balaban J connectivity index is 1.83. The molecule has 1 saturated heterocycles. The number of rotatable bonds is 5. The minimum absolute atomic E-state index is 0.0551. The summed E-state index contributed by atoms with van der Waals surface area (Å²) in [5.41, 5.74) is 1.06. The van der Waals surface area contributed by atoms with E-state index in [0.29, 0.717) is 6.42 Å². The van der Waals surface area contributed by atoms with Gasteiger partial charge in [-0.05, 0) is 31.4 Å². The first-order chi connectivity index (χ1) is 8.66. The van der Waals surface area contributed by atoms with Gasteiger partial charge in [0.25, 0.3) is 0 Å². The molecular weight excluding hydrogens is 248 g/mol. The third-order valence-corrected chi connectivity index (χ3v) is 4.58. The largest absolute Gasteiger partial charge is 0.315 e. The molecule has 100 valence electrons. The van der Waals surface area contributed by atoms with Crippen molar-refractivity contribution < 1.29 is 8.42 Å². The van der Waals surface area contributed by atoms with Gasteiger partial charge >= 0.3 is 0 Å². The molecule has 0 saturated carbocycles. The molecule has 1 atom stereocenters. The van der Waals surface area contributed by atoms with E-state index in [2.05, 4.69) is 10.0 Å². The Labute approximate surface area is 109 Å². The molecule has 1 heterocycles. The van der Waals surface area contributed by atoms with E-state index in [1.165, 1.54) is 0 Å². The van der Waals surface area contributed by atoms with Gasteiger partial charge < -0.3 is 5.32 Å². The highest BCUT2D eigenvalue weighted by Crippen LogP contribution is 2.05. The van der Waals surface area contributed by atoms with Gasteiger partial charge in [0.1, 0.15) is 0 Å². The molecule has 1 fully saturated rings. The Kier molecular flexibility index (Phi) is 4.74. The van der Waals surface area contributed by atoms with Crippen LogP contribution in [0.15, 0.2) is 30.3 Å². The van der Waals surface area contributed by atoms with Crippen LogP contribution >= 0.6 is 0 Å². The second kappa shape index (κ2) is 6.31. The van der Waals surface area contributed by atoms with Crippen molar-refractivity contribution in [3.05, 3.63) is 35.9 Å². The van der Waals surface area contributed by atoms with Gasteiger partial charge in [0, 0.05) is 12.6 Å². The molecule has 2 rings (SSSR count). The molecule has 0 aliphatic carbocycles. The molecule has 1 aromatic rings. The van der Waals surface area contributed by atoms with Gasteiger partial charge in [-0.3, -0.25) is 0 Å². The topological polar surface area (TPSA) is 58.2 Å². The summed E-state index contributed by atoms with van der Waals surface area (Å²) in [6, 6.07) is 9.76. The lowest BCUT2D eigenvalue weighted by Crippen LogP contribution is -2.46. The van der Waals surface area contributed by atoms with Crippen molar-refractivity contribution in [1.82, 2.24) is 10.0 Å². The first kappa shape index (κ1) is 13.5. The van der Waals surface area contributed by atoms with Crippen molar-refractivity contribution in [1.29, 1.82) is 0 Å². The van der Waals surface area contributed by atoms with E-state index in [1.807, 2.05) is 30.3 Å². The van der Waals surface area contributed by atoms with Crippen molar-refractivity contribution in [2.45, 2.75) is 25.3 Å². The zero-order chi connectivity index (χ0) is 12.8. The summed E-state index contributed by atoms with van der Waals surface area (Å²) >= 11 is 0. The highest BCUT2D eigenvalue weighted by atomic mass is 32.2. The fraction of sp³-hybridized carbons (Fsp3) is 0.538. The van der Waals surface area contributed by atoms with E-state index in [9.17, 15) is 8.42 Å².